The minimum Gasteiger partial charge on any atom is -0.465 e. The number of hydrogen-bond acceptors (Lipinski definition) is 3. The van der Waals surface area contributed by atoms with Crippen molar-refractivity contribution in [3.05, 3.63) is 65.2 Å². The second kappa shape index (κ2) is 9.33. The summed E-state index contributed by atoms with van der Waals surface area (Å²) in [5, 5.41) is 0. The third-order valence-corrected chi connectivity index (χ3v) is 5.62. The van der Waals surface area contributed by atoms with Crippen molar-refractivity contribution in [3.8, 4) is 0 Å². The zero-order chi connectivity index (χ0) is 21.7. The molecule has 1 aliphatic rings. The number of likely N-dealkylation sites (tertiary alicyclic amines) is 1. The van der Waals surface area contributed by atoms with E-state index in [-0.39, 0.29) is 17.4 Å². The van der Waals surface area contributed by atoms with E-state index in [0.717, 1.165) is 37.2 Å². The molecule has 2 aromatic rings. The van der Waals surface area contributed by atoms with Gasteiger partial charge in [-0.2, -0.15) is 0 Å². The standard InChI is InChI=1S/C25H32N2O3/c1-25(2,3)21-12-14-22(15-13-21)27(24(29)26-16-6-5-7-17-26)18-19-8-10-20(11-9-19)23(28)30-4/h8-15H,5-7,16-18H2,1-4H3. The maximum atomic E-state index is 13.4. The molecule has 1 saturated heterocycles. The fraction of sp³-hybridized carbons (Fsp3) is 0.440. The molecule has 0 radical (unpaired) electrons. The minimum absolute atomic E-state index is 0.0373. The molecule has 3 rings (SSSR count). The van der Waals surface area contributed by atoms with Gasteiger partial charge in [0.1, 0.15) is 0 Å². The highest BCUT2D eigenvalue weighted by Crippen LogP contribution is 2.27. The number of rotatable bonds is 4. The predicted octanol–water partition coefficient (Wildman–Crippen LogP) is 5.38. The van der Waals surface area contributed by atoms with Gasteiger partial charge in [-0.15, -0.1) is 0 Å². The van der Waals surface area contributed by atoms with Crippen LogP contribution in [0.1, 0.15) is 61.5 Å². The van der Waals surface area contributed by atoms with E-state index in [4.69, 9.17) is 4.74 Å². The highest BCUT2D eigenvalue weighted by Gasteiger charge is 2.25. The molecule has 0 unspecified atom stereocenters. The molecule has 5 nitrogen and oxygen atoms in total. The Balaban J connectivity index is 1.87. The summed E-state index contributed by atoms with van der Waals surface area (Å²) in [5.41, 5.74) is 3.65. The van der Waals surface area contributed by atoms with E-state index < -0.39 is 0 Å². The number of hydrogen-bond donors (Lipinski definition) is 0. The van der Waals surface area contributed by atoms with Gasteiger partial charge < -0.3 is 9.64 Å². The molecule has 2 amide bonds. The maximum Gasteiger partial charge on any atom is 0.337 e. The molecule has 5 heteroatoms. The lowest BCUT2D eigenvalue weighted by Gasteiger charge is -2.33. The molecule has 0 spiro atoms. The van der Waals surface area contributed by atoms with Crippen LogP contribution in [0.5, 0.6) is 0 Å². The summed E-state index contributed by atoms with van der Waals surface area (Å²) in [5.74, 6) is -0.361. The number of urea groups is 1. The zero-order valence-electron chi connectivity index (χ0n) is 18.5. The van der Waals surface area contributed by atoms with E-state index >= 15 is 0 Å². The Bertz CT molecular complexity index is 861. The van der Waals surface area contributed by atoms with Gasteiger partial charge in [-0.3, -0.25) is 4.90 Å². The van der Waals surface area contributed by atoms with Crippen LogP contribution in [0.25, 0.3) is 0 Å². The summed E-state index contributed by atoms with van der Waals surface area (Å²) in [6, 6.07) is 15.6. The van der Waals surface area contributed by atoms with Gasteiger partial charge in [-0.05, 0) is 60.1 Å². The first kappa shape index (κ1) is 21.9. The Kier molecular flexibility index (Phi) is 6.80. The highest BCUT2D eigenvalue weighted by atomic mass is 16.5. The van der Waals surface area contributed by atoms with Crippen LogP contribution in [0.2, 0.25) is 0 Å². The van der Waals surface area contributed by atoms with Crippen molar-refractivity contribution in [2.24, 2.45) is 0 Å². The average molecular weight is 409 g/mol. The molecular formula is C25H32N2O3. The molecule has 0 atom stereocenters. The van der Waals surface area contributed by atoms with Crippen LogP contribution in [0.15, 0.2) is 48.5 Å². The van der Waals surface area contributed by atoms with E-state index in [9.17, 15) is 9.59 Å². The van der Waals surface area contributed by atoms with Crippen LogP contribution in [-0.4, -0.2) is 37.1 Å². The molecule has 0 aliphatic carbocycles. The first-order chi connectivity index (χ1) is 14.3. The van der Waals surface area contributed by atoms with Crippen molar-refractivity contribution in [2.45, 2.75) is 52.0 Å². The van der Waals surface area contributed by atoms with Crippen molar-refractivity contribution in [2.75, 3.05) is 25.1 Å². The smallest absolute Gasteiger partial charge is 0.337 e. The van der Waals surface area contributed by atoms with Crippen molar-refractivity contribution in [1.29, 1.82) is 0 Å². The quantitative estimate of drug-likeness (QED) is 0.638. The molecule has 2 aromatic carbocycles. The lowest BCUT2D eigenvalue weighted by atomic mass is 9.87. The molecule has 1 heterocycles. The molecule has 0 saturated carbocycles. The SMILES string of the molecule is COC(=O)c1ccc(CN(C(=O)N2CCCCC2)c2ccc(C(C)(C)C)cc2)cc1. The first-order valence-corrected chi connectivity index (χ1v) is 10.6. The topological polar surface area (TPSA) is 49.9 Å². The van der Waals surface area contributed by atoms with Gasteiger partial charge in [0.05, 0.1) is 19.2 Å². The van der Waals surface area contributed by atoms with Crippen LogP contribution >= 0.6 is 0 Å². The van der Waals surface area contributed by atoms with Gasteiger partial charge in [-0.1, -0.05) is 45.0 Å². The van der Waals surface area contributed by atoms with E-state index in [1.807, 2.05) is 34.1 Å². The molecule has 0 N–H and O–H groups in total. The molecule has 1 aliphatic heterocycles. The average Bonchev–Trinajstić information content (AvgIpc) is 2.77. The Morgan fingerprint density at radius 1 is 0.933 bits per heavy atom. The summed E-state index contributed by atoms with van der Waals surface area (Å²) < 4.78 is 4.77. The predicted molar refractivity (Wildman–Crippen MR) is 120 cm³/mol. The van der Waals surface area contributed by atoms with Crippen LogP contribution < -0.4 is 4.90 Å². The molecule has 30 heavy (non-hydrogen) atoms. The van der Waals surface area contributed by atoms with Crippen LogP contribution in [0, 0.1) is 0 Å². The zero-order valence-corrected chi connectivity index (χ0v) is 18.5. The largest absolute Gasteiger partial charge is 0.465 e. The third-order valence-electron chi connectivity index (χ3n) is 5.62. The van der Waals surface area contributed by atoms with Gasteiger partial charge in [-0.25, -0.2) is 9.59 Å². The maximum absolute atomic E-state index is 13.4. The van der Waals surface area contributed by atoms with Crippen molar-refractivity contribution in [1.82, 2.24) is 4.90 Å². The number of ether oxygens (including phenoxy) is 1. The molecule has 1 fully saturated rings. The molecule has 0 aromatic heterocycles. The number of methoxy groups -OCH3 is 1. The Labute approximate surface area is 179 Å². The normalized spacial score (nSPS) is 14.3. The Hall–Kier alpha value is -2.82. The van der Waals surface area contributed by atoms with E-state index in [0.29, 0.717) is 12.1 Å². The number of benzene rings is 2. The number of carbonyl (C=O) groups is 2. The summed E-state index contributed by atoms with van der Waals surface area (Å²) in [6.45, 7) is 8.60. The van der Waals surface area contributed by atoms with E-state index in [1.54, 1.807) is 12.1 Å². The van der Waals surface area contributed by atoms with Gasteiger partial charge in [0.25, 0.3) is 0 Å². The molecule has 160 valence electrons. The number of piperidine rings is 1. The Morgan fingerprint density at radius 2 is 1.53 bits per heavy atom. The third kappa shape index (κ3) is 5.21. The summed E-state index contributed by atoms with van der Waals surface area (Å²) in [4.78, 5) is 28.9. The number of anilines is 1. The van der Waals surface area contributed by atoms with Gasteiger partial charge in [0.15, 0.2) is 0 Å². The Morgan fingerprint density at radius 3 is 2.07 bits per heavy atom. The first-order valence-electron chi connectivity index (χ1n) is 10.6. The van der Waals surface area contributed by atoms with Crippen molar-refractivity contribution < 1.29 is 14.3 Å². The van der Waals surface area contributed by atoms with Gasteiger partial charge in [0, 0.05) is 18.8 Å². The summed E-state index contributed by atoms with van der Waals surface area (Å²) >= 11 is 0. The number of amides is 2. The van der Waals surface area contributed by atoms with Crippen LogP contribution in [0.3, 0.4) is 0 Å². The van der Waals surface area contributed by atoms with Gasteiger partial charge in [0.2, 0.25) is 0 Å². The second-order valence-corrected chi connectivity index (χ2v) is 8.90. The second-order valence-electron chi connectivity index (χ2n) is 8.90. The number of esters is 1. The van der Waals surface area contributed by atoms with Crippen molar-refractivity contribution in [3.63, 3.8) is 0 Å². The van der Waals surface area contributed by atoms with Crippen LogP contribution in [-0.2, 0) is 16.7 Å². The van der Waals surface area contributed by atoms with Crippen molar-refractivity contribution >= 4 is 17.7 Å². The lowest BCUT2D eigenvalue weighted by molar-refractivity contribution is 0.0600. The van der Waals surface area contributed by atoms with E-state index in [2.05, 4.69) is 32.9 Å². The fourth-order valence-corrected chi connectivity index (χ4v) is 3.71. The summed E-state index contributed by atoms with van der Waals surface area (Å²) in [7, 11) is 1.37. The fourth-order valence-electron chi connectivity index (χ4n) is 3.71. The number of carbonyl (C=O) groups excluding carboxylic acids is 2. The monoisotopic (exact) mass is 408 g/mol. The van der Waals surface area contributed by atoms with Gasteiger partial charge >= 0.3 is 12.0 Å². The summed E-state index contributed by atoms with van der Waals surface area (Å²) in [6.07, 6.45) is 3.28. The molecular weight excluding hydrogens is 376 g/mol. The minimum atomic E-state index is -0.361. The van der Waals surface area contributed by atoms with Crippen LogP contribution in [0.4, 0.5) is 10.5 Å². The lowest BCUT2D eigenvalue weighted by Crippen LogP contribution is -2.45. The van der Waals surface area contributed by atoms with E-state index in [1.165, 1.54) is 19.1 Å². The number of nitrogens with zero attached hydrogens (tertiary/aromatic N) is 2. The molecule has 0 bridgehead atoms. The highest BCUT2D eigenvalue weighted by molar-refractivity contribution is 5.92.